The Kier molecular flexibility index (Phi) is 8.70. The van der Waals surface area contributed by atoms with Gasteiger partial charge in [0.25, 0.3) is 0 Å². The number of rotatable bonds is 6. The fourth-order valence-electron chi connectivity index (χ4n) is 2.45. The van der Waals surface area contributed by atoms with Gasteiger partial charge in [0.15, 0.2) is 28.9 Å². The van der Waals surface area contributed by atoms with E-state index in [1.807, 2.05) is 0 Å². The quantitative estimate of drug-likeness (QED) is 0.447. The Morgan fingerprint density at radius 1 is 0.741 bits per heavy atom. The summed E-state index contributed by atoms with van der Waals surface area (Å²) >= 11 is 0.705. The lowest BCUT2D eigenvalue weighted by molar-refractivity contribution is -0.237. The van der Waals surface area contributed by atoms with Gasteiger partial charge in [-0.05, 0) is 0 Å². The molecule has 5 atom stereocenters. The molecule has 11 heteroatoms. The predicted octanol–water partition coefficient (Wildman–Crippen LogP) is 0.349. The van der Waals surface area contributed by atoms with Crippen LogP contribution in [0.5, 0.6) is 0 Å². The Labute approximate surface area is 160 Å². The van der Waals surface area contributed by atoms with Crippen molar-refractivity contribution in [1.82, 2.24) is 0 Å². The van der Waals surface area contributed by atoms with Crippen LogP contribution in [0.1, 0.15) is 34.6 Å². The number of carbonyl (C=O) groups is 5. The van der Waals surface area contributed by atoms with E-state index in [4.69, 9.17) is 23.7 Å². The van der Waals surface area contributed by atoms with Gasteiger partial charge in [-0.25, -0.2) is 0 Å². The first-order valence-corrected chi connectivity index (χ1v) is 8.87. The summed E-state index contributed by atoms with van der Waals surface area (Å²) in [5.74, 6) is -2.76. The van der Waals surface area contributed by atoms with Crippen LogP contribution in [0, 0.1) is 0 Å². The average Bonchev–Trinajstić information content (AvgIpc) is 2.49. The standard InChI is InChI=1S/C16H22O10S/c1-7(17)22-6-12-13(23-8(2)18)14(24-9(3)19)15(25-10(4)20)16(26-12)27-11(5)21/h12-16H,6H2,1-5H3/t12?,13-,14-,15+,16-/m0/s1. The van der Waals surface area contributed by atoms with Gasteiger partial charge in [0.2, 0.25) is 0 Å². The van der Waals surface area contributed by atoms with E-state index >= 15 is 0 Å². The molecule has 0 spiro atoms. The van der Waals surface area contributed by atoms with Crippen molar-refractivity contribution in [2.45, 2.75) is 64.5 Å². The first kappa shape index (κ1) is 22.9. The third-order valence-electron chi connectivity index (χ3n) is 3.23. The first-order chi connectivity index (χ1) is 12.5. The van der Waals surface area contributed by atoms with E-state index < -0.39 is 53.7 Å². The number of hydrogen-bond acceptors (Lipinski definition) is 11. The van der Waals surface area contributed by atoms with E-state index in [1.54, 1.807) is 0 Å². The fourth-order valence-corrected chi connectivity index (χ4v) is 3.32. The molecule has 0 radical (unpaired) electrons. The predicted molar refractivity (Wildman–Crippen MR) is 90.2 cm³/mol. The van der Waals surface area contributed by atoms with Crippen LogP contribution >= 0.6 is 11.8 Å². The third kappa shape index (κ3) is 7.55. The second-order valence-electron chi connectivity index (χ2n) is 5.68. The number of carbonyl (C=O) groups excluding carboxylic acids is 5. The lowest BCUT2D eigenvalue weighted by Gasteiger charge is -2.43. The maximum atomic E-state index is 11.6. The van der Waals surface area contributed by atoms with Gasteiger partial charge in [-0.2, -0.15) is 0 Å². The van der Waals surface area contributed by atoms with Crippen molar-refractivity contribution < 1.29 is 47.7 Å². The zero-order valence-corrected chi connectivity index (χ0v) is 16.4. The summed E-state index contributed by atoms with van der Waals surface area (Å²) < 4.78 is 26.2. The molecular formula is C16H22O10S. The molecular weight excluding hydrogens is 384 g/mol. The van der Waals surface area contributed by atoms with Gasteiger partial charge < -0.3 is 23.7 Å². The fraction of sp³-hybridized carbons (Fsp3) is 0.688. The molecule has 1 fully saturated rings. The summed E-state index contributed by atoms with van der Waals surface area (Å²) in [6.07, 6.45) is -4.76. The Morgan fingerprint density at radius 3 is 1.67 bits per heavy atom. The monoisotopic (exact) mass is 406 g/mol. The van der Waals surface area contributed by atoms with Crippen molar-refractivity contribution >= 4 is 40.8 Å². The van der Waals surface area contributed by atoms with Crippen LogP contribution in [0.15, 0.2) is 0 Å². The second-order valence-corrected chi connectivity index (χ2v) is 6.95. The zero-order chi connectivity index (χ0) is 20.7. The van der Waals surface area contributed by atoms with Crippen LogP contribution in [0.25, 0.3) is 0 Å². The number of ether oxygens (including phenoxy) is 5. The Hall–Kier alpha value is -2.14. The molecule has 0 N–H and O–H groups in total. The van der Waals surface area contributed by atoms with Gasteiger partial charge in [-0.15, -0.1) is 0 Å². The van der Waals surface area contributed by atoms with Crippen LogP contribution < -0.4 is 0 Å². The Balaban J connectivity index is 3.29. The molecule has 0 aromatic carbocycles. The summed E-state index contributed by atoms with van der Waals surface area (Å²) in [4.78, 5) is 57.3. The normalized spacial score (nSPS) is 27.2. The average molecular weight is 406 g/mol. The van der Waals surface area contributed by atoms with E-state index in [-0.39, 0.29) is 11.7 Å². The molecule has 0 aromatic rings. The summed E-state index contributed by atoms with van der Waals surface area (Å²) in [7, 11) is 0. The summed E-state index contributed by atoms with van der Waals surface area (Å²) in [5, 5.41) is -0.351. The zero-order valence-electron chi connectivity index (χ0n) is 15.6. The number of thioether (sulfide) groups is 1. The molecule has 27 heavy (non-hydrogen) atoms. The van der Waals surface area contributed by atoms with Gasteiger partial charge in [-0.3, -0.25) is 24.0 Å². The molecule has 1 saturated heterocycles. The molecule has 1 rings (SSSR count). The number of hydrogen-bond donors (Lipinski definition) is 0. The van der Waals surface area contributed by atoms with Gasteiger partial charge >= 0.3 is 23.9 Å². The van der Waals surface area contributed by atoms with Gasteiger partial charge in [0, 0.05) is 34.6 Å². The highest BCUT2D eigenvalue weighted by Gasteiger charge is 2.52. The van der Waals surface area contributed by atoms with E-state index in [9.17, 15) is 24.0 Å². The van der Waals surface area contributed by atoms with Crippen LogP contribution in [0.2, 0.25) is 0 Å². The highest BCUT2D eigenvalue weighted by atomic mass is 32.2. The Morgan fingerprint density at radius 2 is 1.22 bits per heavy atom. The molecule has 0 aliphatic carbocycles. The topological polar surface area (TPSA) is 132 Å². The molecule has 152 valence electrons. The van der Waals surface area contributed by atoms with Crippen molar-refractivity contribution in [2.24, 2.45) is 0 Å². The summed E-state index contributed by atoms with van der Waals surface area (Å²) in [6.45, 7) is 5.51. The molecule has 0 bridgehead atoms. The highest BCUT2D eigenvalue weighted by molar-refractivity contribution is 8.14. The van der Waals surface area contributed by atoms with Crippen molar-refractivity contribution in [3.63, 3.8) is 0 Å². The molecule has 1 aliphatic heterocycles. The van der Waals surface area contributed by atoms with Crippen molar-refractivity contribution in [1.29, 1.82) is 0 Å². The van der Waals surface area contributed by atoms with Crippen LogP contribution in [0.3, 0.4) is 0 Å². The van der Waals surface area contributed by atoms with Gasteiger partial charge in [0.05, 0.1) is 0 Å². The van der Waals surface area contributed by atoms with E-state index in [1.165, 1.54) is 13.8 Å². The van der Waals surface area contributed by atoms with Gasteiger partial charge in [0.1, 0.15) is 12.7 Å². The van der Waals surface area contributed by atoms with Crippen LogP contribution in [-0.2, 0) is 47.7 Å². The maximum Gasteiger partial charge on any atom is 0.303 e. The minimum Gasteiger partial charge on any atom is -0.463 e. The molecule has 10 nitrogen and oxygen atoms in total. The number of esters is 4. The van der Waals surface area contributed by atoms with Gasteiger partial charge in [-0.1, -0.05) is 11.8 Å². The highest BCUT2D eigenvalue weighted by Crippen LogP contribution is 2.34. The van der Waals surface area contributed by atoms with Crippen LogP contribution in [-0.4, -0.2) is 65.5 Å². The molecule has 0 amide bonds. The van der Waals surface area contributed by atoms with E-state index in [2.05, 4.69) is 0 Å². The van der Waals surface area contributed by atoms with E-state index in [0.29, 0.717) is 11.8 Å². The van der Waals surface area contributed by atoms with Crippen LogP contribution in [0.4, 0.5) is 0 Å². The minimum absolute atomic E-state index is 0.327. The SMILES string of the molecule is CC(=O)OCC1O[C@@H](SC(C)=O)[C@H](OC(C)=O)[C@@H](OC(C)=O)[C@H]1OC(C)=O. The van der Waals surface area contributed by atoms with Crippen molar-refractivity contribution in [3.8, 4) is 0 Å². The molecule has 0 aromatic heterocycles. The Bertz CT molecular complexity index is 604. The molecule has 1 heterocycles. The molecule has 1 aliphatic rings. The molecule has 1 unspecified atom stereocenters. The minimum atomic E-state index is -1.26. The maximum absolute atomic E-state index is 11.6. The van der Waals surface area contributed by atoms with E-state index in [0.717, 1.165) is 20.8 Å². The molecule has 0 saturated carbocycles. The summed E-state index contributed by atoms with van der Waals surface area (Å²) in [6, 6.07) is 0. The summed E-state index contributed by atoms with van der Waals surface area (Å²) in [5.41, 5.74) is -1.07. The second kappa shape index (κ2) is 10.3. The third-order valence-corrected chi connectivity index (χ3v) is 4.17. The lowest BCUT2D eigenvalue weighted by Crippen LogP contribution is -2.61. The van der Waals surface area contributed by atoms with Crippen molar-refractivity contribution in [3.05, 3.63) is 0 Å². The smallest absolute Gasteiger partial charge is 0.303 e. The van der Waals surface area contributed by atoms with Crippen molar-refractivity contribution in [2.75, 3.05) is 6.61 Å². The lowest BCUT2D eigenvalue weighted by atomic mass is 9.99. The first-order valence-electron chi connectivity index (χ1n) is 7.99. The largest absolute Gasteiger partial charge is 0.463 e.